The molecule has 3 aromatic rings. The Hall–Kier alpha value is -4.56. The number of cyclic esters (lactones) is 1. The quantitative estimate of drug-likeness (QED) is 0.235. The van der Waals surface area contributed by atoms with Crippen LogP contribution >= 0.6 is 0 Å². The number of nitrogens with zero attached hydrogens (tertiary/aromatic N) is 3. The highest BCUT2D eigenvalue weighted by Crippen LogP contribution is 2.43. The third-order valence-corrected chi connectivity index (χ3v) is 8.35. The van der Waals surface area contributed by atoms with Gasteiger partial charge in [-0.05, 0) is 73.7 Å². The molecule has 0 bridgehead atoms. The Balaban J connectivity index is 1.58. The largest absolute Gasteiger partial charge is 0.496 e. The molecule has 0 saturated carbocycles. The second kappa shape index (κ2) is 12.6. The number of benzene rings is 2. The second-order valence-electron chi connectivity index (χ2n) is 11.5. The van der Waals surface area contributed by atoms with Crippen LogP contribution in [0.15, 0.2) is 36.4 Å². The van der Waals surface area contributed by atoms with E-state index >= 15 is 0 Å². The number of amides is 1. The number of alkyl halides is 6. The molecule has 1 N–H and O–H groups in total. The van der Waals surface area contributed by atoms with Crippen molar-refractivity contribution in [1.29, 1.82) is 0 Å². The number of hydrogen-bond acceptors (Lipinski definition) is 6. The maximum atomic E-state index is 14.9. The number of aromatic nitrogens is 1. The number of hydrogen-bond donors (Lipinski definition) is 1. The van der Waals surface area contributed by atoms with E-state index in [0.717, 1.165) is 17.4 Å². The Bertz CT molecular complexity index is 1670. The second-order valence-corrected chi connectivity index (χ2v) is 11.5. The molecule has 2 aliphatic heterocycles. The predicted molar refractivity (Wildman–Crippen MR) is 154 cm³/mol. The summed E-state index contributed by atoms with van der Waals surface area (Å²) in [6.07, 6.45) is -12.2. The zero-order chi connectivity index (χ0) is 34.4. The first kappa shape index (κ1) is 33.8. The zero-order valence-corrected chi connectivity index (χ0v) is 25.4. The van der Waals surface area contributed by atoms with Crippen molar-refractivity contribution in [3.05, 3.63) is 75.7 Å². The molecule has 0 aliphatic carbocycles. The Morgan fingerprint density at radius 3 is 2.21 bits per heavy atom. The highest BCUT2D eigenvalue weighted by atomic mass is 19.4. The Morgan fingerprint density at radius 2 is 1.68 bits per heavy atom. The molecule has 2 saturated heterocycles. The molecule has 2 aromatic carbocycles. The minimum Gasteiger partial charge on any atom is -0.496 e. The molecule has 8 nitrogen and oxygen atoms in total. The summed E-state index contributed by atoms with van der Waals surface area (Å²) in [5.74, 6) is -1.14. The highest BCUT2D eigenvalue weighted by Gasteiger charge is 2.44. The van der Waals surface area contributed by atoms with Gasteiger partial charge in [-0.2, -0.15) is 26.3 Å². The molecular weight excluding hydrogens is 639 g/mol. The third kappa shape index (κ3) is 6.93. The third-order valence-electron chi connectivity index (χ3n) is 8.35. The standard InChI is InChI=1S/C32H30F7N3O5/c1-16-9-26(41-7-4-8-41)40-24(28(16)22-12-18(5-6-27(43)44)23(33)14-25(22)46-3)15-42-17(2)29(47-30(42)45)19-10-20(31(34,35)36)13-21(11-19)32(37,38)39/h9-14,17,29H,4-8,15H2,1-3H3,(H,43,44)/t17-,29-/m0/s1. The van der Waals surface area contributed by atoms with Crippen LogP contribution in [0, 0.1) is 12.7 Å². The molecule has 47 heavy (non-hydrogen) atoms. The minimum absolute atomic E-state index is 0.00374. The van der Waals surface area contributed by atoms with Crippen LogP contribution in [-0.4, -0.2) is 53.3 Å². The van der Waals surface area contributed by atoms with Crippen LogP contribution in [0.2, 0.25) is 0 Å². The summed E-state index contributed by atoms with van der Waals surface area (Å²) in [7, 11) is 1.32. The molecule has 3 heterocycles. The van der Waals surface area contributed by atoms with Crippen molar-refractivity contribution >= 4 is 17.9 Å². The van der Waals surface area contributed by atoms with Crippen LogP contribution in [0.5, 0.6) is 5.75 Å². The van der Waals surface area contributed by atoms with Crippen LogP contribution in [0.4, 0.5) is 41.3 Å². The molecule has 5 rings (SSSR count). The van der Waals surface area contributed by atoms with Gasteiger partial charge in [0.25, 0.3) is 0 Å². The average molecular weight is 670 g/mol. The molecule has 0 radical (unpaired) electrons. The first-order valence-corrected chi connectivity index (χ1v) is 14.6. The maximum Gasteiger partial charge on any atom is 0.416 e. The smallest absolute Gasteiger partial charge is 0.416 e. The molecule has 0 unspecified atom stereocenters. The topological polar surface area (TPSA) is 92.2 Å². The van der Waals surface area contributed by atoms with Crippen LogP contribution in [0.3, 0.4) is 0 Å². The van der Waals surface area contributed by atoms with Gasteiger partial charge in [-0.3, -0.25) is 9.69 Å². The lowest BCUT2D eigenvalue weighted by molar-refractivity contribution is -0.143. The highest BCUT2D eigenvalue weighted by molar-refractivity contribution is 5.79. The fraction of sp³-hybridized carbons (Fsp3) is 0.406. The van der Waals surface area contributed by atoms with Crippen LogP contribution in [-0.2, 0) is 34.8 Å². The van der Waals surface area contributed by atoms with Crippen molar-refractivity contribution < 1.29 is 54.9 Å². The first-order chi connectivity index (χ1) is 22.0. The number of carbonyl (C=O) groups is 2. The van der Waals surface area contributed by atoms with Crippen molar-refractivity contribution in [2.45, 2.75) is 64.2 Å². The number of pyridine rings is 1. The van der Waals surface area contributed by atoms with E-state index in [9.17, 15) is 40.3 Å². The number of rotatable bonds is 9. The molecule has 2 atom stereocenters. The lowest BCUT2D eigenvalue weighted by atomic mass is 9.93. The van der Waals surface area contributed by atoms with E-state index in [2.05, 4.69) is 0 Å². The number of carboxylic acids is 1. The van der Waals surface area contributed by atoms with Gasteiger partial charge in [0, 0.05) is 36.7 Å². The number of halogens is 7. The lowest BCUT2D eigenvalue weighted by Crippen LogP contribution is -2.38. The average Bonchev–Trinajstić information content (AvgIpc) is 3.23. The van der Waals surface area contributed by atoms with Crippen LogP contribution in [0.1, 0.15) is 59.4 Å². The minimum atomic E-state index is -5.09. The van der Waals surface area contributed by atoms with Crippen LogP contribution in [0.25, 0.3) is 11.1 Å². The summed E-state index contributed by atoms with van der Waals surface area (Å²) >= 11 is 0. The van der Waals surface area contributed by atoms with E-state index in [1.165, 1.54) is 20.1 Å². The summed E-state index contributed by atoms with van der Waals surface area (Å²) in [6.45, 7) is 4.36. The zero-order valence-electron chi connectivity index (χ0n) is 25.4. The number of ether oxygens (including phenoxy) is 2. The van der Waals surface area contributed by atoms with Crippen molar-refractivity contribution in [3.63, 3.8) is 0 Å². The number of methoxy groups -OCH3 is 1. The fourth-order valence-electron chi connectivity index (χ4n) is 5.77. The number of carboxylic acid groups (broad SMARTS) is 1. The molecular formula is C32H30F7N3O5. The summed E-state index contributed by atoms with van der Waals surface area (Å²) < 4.78 is 107. The number of aliphatic carboxylic acids is 1. The Kier molecular flexibility index (Phi) is 9.03. The summed E-state index contributed by atoms with van der Waals surface area (Å²) in [5, 5.41) is 9.15. The lowest BCUT2D eigenvalue weighted by Gasteiger charge is -2.33. The van der Waals surface area contributed by atoms with Gasteiger partial charge in [0.1, 0.15) is 23.5 Å². The van der Waals surface area contributed by atoms with Gasteiger partial charge >= 0.3 is 24.4 Å². The molecule has 0 spiro atoms. The number of anilines is 1. The van der Waals surface area contributed by atoms with Crippen molar-refractivity contribution in [2.24, 2.45) is 0 Å². The predicted octanol–water partition coefficient (Wildman–Crippen LogP) is 7.55. The van der Waals surface area contributed by atoms with Crippen molar-refractivity contribution in [1.82, 2.24) is 9.88 Å². The fourth-order valence-corrected chi connectivity index (χ4v) is 5.77. The van der Waals surface area contributed by atoms with E-state index in [0.29, 0.717) is 47.7 Å². The monoisotopic (exact) mass is 669 g/mol. The molecule has 15 heteroatoms. The van der Waals surface area contributed by atoms with Gasteiger partial charge < -0.3 is 19.5 Å². The first-order valence-electron chi connectivity index (χ1n) is 14.6. The SMILES string of the molecule is COc1cc(F)c(CCC(=O)O)cc1-c1c(C)cc(N2CCC2)nc1CN1C(=O)O[C@H](c2cc(C(F)(F)F)cc(C(F)(F)F)c2)[C@@H]1C. The van der Waals surface area contributed by atoms with Gasteiger partial charge in [-0.15, -0.1) is 0 Å². The molecule has 2 fully saturated rings. The molecule has 2 aliphatic rings. The Morgan fingerprint density at radius 1 is 1.04 bits per heavy atom. The normalized spacial score (nSPS) is 18.3. The van der Waals surface area contributed by atoms with Crippen molar-refractivity contribution in [2.75, 3.05) is 25.1 Å². The van der Waals surface area contributed by atoms with Gasteiger partial charge in [0.15, 0.2) is 0 Å². The van der Waals surface area contributed by atoms with E-state index in [1.807, 2.05) is 4.90 Å². The van der Waals surface area contributed by atoms with E-state index in [-0.39, 0.29) is 42.5 Å². The van der Waals surface area contributed by atoms with Gasteiger partial charge in [-0.1, -0.05) is 0 Å². The number of aryl methyl sites for hydroxylation is 2. The van der Waals surface area contributed by atoms with Crippen molar-refractivity contribution in [3.8, 4) is 16.9 Å². The van der Waals surface area contributed by atoms with Crippen LogP contribution < -0.4 is 9.64 Å². The van der Waals surface area contributed by atoms with E-state index in [1.54, 1.807) is 13.0 Å². The summed E-state index contributed by atoms with van der Waals surface area (Å²) in [5.41, 5.74) is -1.72. The van der Waals surface area contributed by atoms with E-state index < -0.39 is 59.1 Å². The summed E-state index contributed by atoms with van der Waals surface area (Å²) in [4.78, 5) is 32.4. The van der Waals surface area contributed by atoms with Gasteiger partial charge in [-0.25, -0.2) is 14.2 Å². The Labute approximate surface area is 264 Å². The van der Waals surface area contributed by atoms with Gasteiger partial charge in [0.05, 0.1) is 36.5 Å². The maximum absolute atomic E-state index is 14.9. The van der Waals surface area contributed by atoms with Gasteiger partial charge in [0.2, 0.25) is 0 Å². The molecule has 1 aromatic heterocycles. The summed E-state index contributed by atoms with van der Waals surface area (Å²) in [6, 6.07) is 4.41. The molecule has 252 valence electrons. The number of carbonyl (C=O) groups excluding carboxylic acids is 1. The molecule has 1 amide bonds. The van der Waals surface area contributed by atoms with E-state index in [4.69, 9.17) is 19.6 Å².